The molecule has 33 heavy (non-hydrogen) atoms. The van der Waals surface area contributed by atoms with Crippen LogP contribution in [0.15, 0.2) is 42.5 Å². The molecule has 1 atom stereocenters. The van der Waals surface area contributed by atoms with Gasteiger partial charge in [0.25, 0.3) is 0 Å². The van der Waals surface area contributed by atoms with Crippen LogP contribution in [0.3, 0.4) is 0 Å². The molecule has 0 saturated heterocycles. The van der Waals surface area contributed by atoms with Gasteiger partial charge < -0.3 is 10.1 Å². The zero-order valence-corrected chi connectivity index (χ0v) is 20.2. The highest BCUT2D eigenvalue weighted by Crippen LogP contribution is 2.31. The fourth-order valence-corrected chi connectivity index (χ4v) is 4.35. The molecule has 2 aromatic carbocycles. The second-order valence-electron chi connectivity index (χ2n) is 9.12. The van der Waals surface area contributed by atoms with Crippen LogP contribution in [0.5, 0.6) is 0 Å². The van der Waals surface area contributed by atoms with Crippen LogP contribution < -0.4 is 9.62 Å². The molecule has 0 radical (unpaired) electrons. The number of amides is 1. The van der Waals surface area contributed by atoms with Crippen LogP contribution in [-0.4, -0.2) is 45.0 Å². The summed E-state index contributed by atoms with van der Waals surface area (Å²) in [5, 5.41) is 2.79. The van der Waals surface area contributed by atoms with Gasteiger partial charge in [-0.25, -0.2) is 13.2 Å². The number of rotatable bonds is 6. The Hall–Kier alpha value is -3.20. The van der Waals surface area contributed by atoms with E-state index in [2.05, 4.69) is 5.32 Å². The number of hydrogen-bond acceptors (Lipinski definition) is 6. The average molecular weight is 473 g/mol. The molecule has 1 heterocycles. The van der Waals surface area contributed by atoms with Crippen LogP contribution >= 0.6 is 0 Å². The highest BCUT2D eigenvalue weighted by atomic mass is 32.2. The molecule has 8 nitrogen and oxygen atoms in total. The van der Waals surface area contributed by atoms with Crippen molar-refractivity contribution in [2.24, 2.45) is 5.41 Å². The van der Waals surface area contributed by atoms with Crippen LogP contribution in [0.2, 0.25) is 0 Å². The molecule has 0 saturated carbocycles. The number of nitrogens with one attached hydrogen (secondary N) is 1. The van der Waals surface area contributed by atoms with Gasteiger partial charge in [-0.3, -0.25) is 13.9 Å². The standard InChI is InChI=1S/C24H28N2O6S/c1-15(21(27)16-6-9-19(10-7-16)25-23(29)24(2,3)4)32-22(28)18-8-11-20-17(14-18)12-13-26(20)33(5,30)31/h6-11,14-15H,12-13H2,1-5H3,(H,25,29). The molecule has 1 aliphatic heterocycles. The van der Waals surface area contributed by atoms with Gasteiger partial charge in [0.05, 0.1) is 17.5 Å². The topological polar surface area (TPSA) is 110 Å². The zero-order chi connectivity index (χ0) is 24.6. The third-order valence-corrected chi connectivity index (χ3v) is 6.51. The quantitative estimate of drug-likeness (QED) is 0.510. The number of esters is 1. The Balaban J connectivity index is 1.65. The molecule has 9 heteroatoms. The molecule has 1 unspecified atom stereocenters. The van der Waals surface area contributed by atoms with Gasteiger partial charge in [0.1, 0.15) is 0 Å². The smallest absolute Gasteiger partial charge is 0.338 e. The lowest BCUT2D eigenvalue weighted by atomic mass is 9.95. The molecule has 1 aliphatic rings. The summed E-state index contributed by atoms with van der Waals surface area (Å²) in [7, 11) is -3.38. The van der Waals surface area contributed by atoms with E-state index in [1.807, 2.05) is 0 Å². The minimum absolute atomic E-state index is 0.141. The van der Waals surface area contributed by atoms with Crippen molar-refractivity contribution < 1.29 is 27.5 Å². The number of nitrogens with zero attached hydrogens (tertiary/aromatic N) is 1. The minimum atomic E-state index is -3.38. The highest BCUT2D eigenvalue weighted by Gasteiger charge is 2.28. The fourth-order valence-electron chi connectivity index (χ4n) is 3.40. The number of ketones is 1. The molecule has 0 fully saturated rings. The maximum atomic E-state index is 12.7. The largest absolute Gasteiger partial charge is 0.451 e. The van der Waals surface area contributed by atoms with Crippen LogP contribution in [0.4, 0.5) is 11.4 Å². The van der Waals surface area contributed by atoms with Crippen LogP contribution in [-0.2, 0) is 26.0 Å². The van der Waals surface area contributed by atoms with E-state index in [0.717, 1.165) is 11.8 Å². The molecule has 0 spiro atoms. The number of Topliss-reactive ketones (excluding diaryl/α,β-unsaturated/α-hetero) is 1. The SMILES string of the molecule is CC(OC(=O)c1ccc2c(c1)CCN2S(C)(=O)=O)C(=O)c1ccc(NC(=O)C(C)(C)C)cc1. The number of carbonyl (C=O) groups is 3. The third-order valence-electron chi connectivity index (χ3n) is 5.33. The number of hydrogen-bond donors (Lipinski definition) is 1. The Morgan fingerprint density at radius 3 is 2.21 bits per heavy atom. The lowest BCUT2D eigenvalue weighted by Crippen LogP contribution is -2.27. The first kappa shape index (κ1) is 24.4. The van der Waals surface area contributed by atoms with Gasteiger partial charge in [-0.2, -0.15) is 0 Å². The van der Waals surface area contributed by atoms with Gasteiger partial charge in [0, 0.05) is 23.2 Å². The van der Waals surface area contributed by atoms with E-state index in [4.69, 9.17) is 4.74 Å². The molecule has 0 aliphatic carbocycles. The first-order valence-electron chi connectivity index (χ1n) is 10.5. The molecule has 1 amide bonds. The molecule has 176 valence electrons. The Labute approximate surface area is 194 Å². The third kappa shape index (κ3) is 5.60. The van der Waals surface area contributed by atoms with Crippen molar-refractivity contribution in [1.29, 1.82) is 0 Å². The summed E-state index contributed by atoms with van der Waals surface area (Å²) < 4.78 is 30.4. The van der Waals surface area contributed by atoms with E-state index in [9.17, 15) is 22.8 Å². The first-order chi connectivity index (χ1) is 15.3. The van der Waals surface area contributed by atoms with Gasteiger partial charge in [-0.1, -0.05) is 20.8 Å². The summed E-state index contributed by atoms with van der Waals surface area (Å²) in [6.45, 7) is 7.24. The molecule has 3 rings (SSSR count). The Kier molecular flexibility index (Phi) is 6.65. The summed E-state index contributed by atoms with van der Waals surface area (Å²) in [5.74, 6) is -1.18. The molecule has 0 aromatic heterocycles. The van der Waals surface area contributed by atoms with E-state index in [1.54, 1.807) is 57.2 Å². The van der Waals surface area contributed by atoms with Crippen molar-refractivity contribution in [3.05, 3.63) is 59.2 Å². The number of benzene rings is 2. The van der Waals surface area contributed by atoms with Gasteiger partial charge in [-0.15, -0.1) is 0 Å². The summed E-state index contributed by atoms with van der Waals surface area (Å²) >= 11 is 0. The van der Waals surface area contributed by atoms with E-state index in [1.165, 1.54) is 17.3 Å². The monoisotopic (exact) mass is 472 g/mol. The van der Waals surface area contributed by atoms with Gasteiger partial charge in [0.15, 0.2) is 6.10 Å². The van der Waals surface area contributed by atoms with Crippen molar-refractivity contribution in [2.75, 3.05) is 22.4 Å². The Morgan fingerprint density at radius 1 is 1.03 bits per heavy atom. The number of fused-ring (bicyclic) bond motifs is 1. The van der Waals surface area contributed by atoms with Gasteiger partial charge in [-0.05, 0) is 61.4 Å². The maximum Gasteiger partial charge on any atom is 0.338 e. The lowest BCUT2D eigenvalue weighted by Gasteiger charge is -2.18. The van der Waals surface area contributed by atoms with Crippen LogP contribution in [0.1, 0.15) is 54.0 Å². The lowest BCUT2D eigenvalue weighted by molar-refractivity contribution is -0.123. The van der Waals surface area contributed by atoms with E-state index in [-0.39, 0.29) is 17.3 Å². The molecule has 1 N–H and O–H groups in total. The number of ether oxygens (including phenoxy) is 1. The Bertz CT molecular complexity index is 1200. The van der Waals surface area contributed by atoms with Crippen molar-refractivity contribution in [3.63, 3.8) is 0 Å². The summed E-state index contributed by atoms with van der Waals surface area (Å²) in [6, 6.07) is 11.1. The first-order valence-corrected chi connectivity index (χ1v) is 12.4. The molecular weight excluding hydrogens is 444 g/mol. The average Bonchev–Trinajstić information content (AvgIpc) is 3.16. The summed E-state index contributed by atoms with van der Waals surface area (Å²) in [5.41, 5.74) is 1.92. The summed E-state index contributed by atoms with van der Waals surface area (Å²) in [4.78, 5) is 37.4. The minimum Gasteiger partial charge on any atom is -0.451 e. The van der Waals surface area contributed by atoms with Gasteiger partial charge >= 0.3 is 5.97 Å². The second kappa shape index (κ2) is 8.97. The van der Waals surface area contributed by atoms with Crippen LogP contribution in [0.25, 0.3) is 0 Å². The predicted molar refractivity (Wildman–Crippen MR) is 126 cm³/mol. The number of sulfonamides is 1. The normalized spacial score (nSPS) is 14.4. The van der Waals surface area contributed by atoms with E-state index >= 15 is 0 Å². The maximum absolute atomic E-state index is 12.7. The zero-order valence-electron chi connectivity index (χ0n) is 19.3. The second-order valence-corrected chi connectivity index (χ2v) is 11.0. The predicted octanol–water partition coefficient (Wildman–Crippen LogP) is 3.42. The van der Waals surface area contributed by atoms with Crippen LogP contribution in [0, 0.1) is 5.41 Å². The molecular formula is C24H28N2O6S. The van der Waals surface area contributed by atoms with E-state index in [0.29, 0.717) is 29.9 Å². The molecule has 0 bridgehead atoms. The molecule has 2 aromatic rings. The van der Waals surface area contributed by atoms with Crippen molar-refractivity contribution in [1.82, 2.24) is 0 Å². The number of anilines is 2. The van der Waals surface area contributed by atoms with Crippen molar-refractivity contribution in [2.45, 2.75) is 40.2 Å². The highest BCUT2D eigenvalue weighted by molar-refractivity contribution is 7.92. The summed E-state index contributed by atoms with van der Waals surface area (Å²) in [6.07, 6.45) is 0.618. The van der Waals surface area contributed by atoms with E-state index < -0.39 is 27.5 Å². The Morgan fingerprint density at radius 2 is 1.64 bits per heavy atom. The van der Waals surface area contributed by atoms with Crippen molar-refractivity contribution >= 4 is 39.1 Å². The number of carbonyl (C=O) groups excluding carboxylic acids is 3. The van der Waals surface area contributed by atoms with Gasteiger partial charge in [0.2, 0.25) is 21.7 Å². The fraction of sp³-hybridized carbons (Fsp3) is 0.375. The van der Waals surface area contributed by atoms with Crippen molar-refractivity contribution in [3.8, 4) is 0 Å².